The number of nitrogen functional groups attached to an aromatic ring is 1. The van der Waals surface area contributed by atoms with E-state index in [-0.39, 0.29) is 23.9 Å². The fourth-order valence-electron chi connectivity index (χ4n) is 6.70. The van der Waals surface area contributed by atoms with E-state index in [0.29, 0.717) is 12.4 Å². The number of rotatable bonds is 7. The molecule has 2 aliphatic rings. The zero-order valence-electron chi connectivity index (χ0n) is 23.4. The number of pyridine rings is 1. The molecule has 1 atom stereocenters. The number of likely N-dealkylation sites (tertiary alicyclic amines) is 1. The van der Waals surface area contributed by atoms with Crippen molar-refractivity contribution in [3.8, 4) is 16.9 Å². The minimum absolute atomic E-state index is 0.0907. The van der Waals surface area contributed by atoms with Crippen molar-refractivity contribution in [1.82, 2.24) is 9.88 Å². The second-order valence-electron chi connectivity index (χ2n) is 11.0. The Morgan fingerprint density at radius 1 is 1.02 bits per heavy atom. The third kappa shape index (κ3) is 4.81. The molecule has 1 aromatic heterocycles. The highest BCUT2D eigenvalue weighted by molar-refractivity contribution is 6.01. The van der Waals surface area contributed by atoms with Crippen LogP contribution in [0.5, 0.6) is 5.75 Å². The van der Waals surface area contributed by atoms with E-state index in [1.807, 2.05) is 49.4 Å². The number of benzene rings is 3. The minimum atomic E-state index is -0.235. The van der Waals surface area contributed by atoms with Crippen LogP contribution < -0.4 is 10.5 Å². The van der Waals surface area contributed by atoms with Gasteiger partial charge in [0.1, 0.15) is 17.7 Å². The van der Waals surface area contributed by atoms with Crippen LogP contribution in [0.2, 0.25) is 0 Å². The third-order valence-corrected chi connectivity index (χ3v) is 8.84. The molecule has 2 heterocycles. The molecular formula is C34H37N3O3. The maximum atomic E-state index is 12.3. The molecule has 6 nitrogen and oxygen atoms in total. The SMILES string of the molecule is CCOC(=O)Cc1ccccc1OC1CC2(CCN(CC)CC2)c2ccc(-c3cccc4c(N)nccc34)cc21. The summed E-state index contributed by atoms with van der Waals surface area (Å²) < 4.78 is 12.1. The van der Waals surface area contributed by atoms with Crippen LogP contribution >= 0.6 is 0 Å². The number of esters is 1. The Labute approximate surface area is 236 Å². The van der Waals surface area contributed by atoms with Gasteiger partial charge in [-0.05, 0) is 91.7 Å². The number of nitrogens with two attached hydrogens (primary N) is 1. The van der Waals surface area contributed by atoms with Gasteiger partial charge in [-0.1, -0.05) is 55.5 Å². The Kier molecular flexibility index (Phi) is 7.20. The van der Waals surface area contributed by atoms with E-state index in [1.54, 1.807) is 6.20 Å². The van der Waals surface area contributed by atoms with E-state index < -0.39 is 0 Å². The lowest BCUT2D eigenvalue weighted by atomic mass is 9.73. The van der Waals surface area contributed by atoms with Gasteiger partial charge in [-0.25, -0.2) is 4.98 Å². The summed E-state index contributed by atoms with van der Waals surface area (Å²) in [5, 5.41) is 2.06. The number of carbonyl (C=O) groups is 1. The van der Waals surface area contributed by atoms with Crippen LogP contribution in [0, 0.1) is 0 Å². The summed E-state index contributed by atoms with van der Waals surface area (Å²) in [6, 6.07) is 23.0. The number of nitrogens with zero attached hydrogens (tertiary/aromatic N) is 2. The summed E-state index contributed by atoms with van der Waals surface area (Å²) in [6.45, 7) is 7.72. The number of carbonyl (C=O) groups excluding carboxylic acids is 1. The molecule has 206 valence electrons. The number of ether oxygens (including phenoxy) is 2. The van der Waals surface area contributed by atoms with E-state index in [4.69, 9.17) is 15.2 Å². The largest absolute Gasteiger partial charge is 0.485 e. The molecule has 0 radical (unpaired) electrons. The highest BCUT2D eigenvalue weighted by Crippen LogP contribution is 2.53. The molecule has 6 heteroatoms. The Balaban J connectivity index is 1.41. The Morgan fingerprint density at radius 2 is 1.85 bits per heavy atom. The molecule has 0 amide bonds. The van der Waals surface area contributed by atoms with E-state index in [1.165, 1.54) is 11.1 Å². The number of piperidine rings is 1. The minimum Gasteiger partial charge on any atom is -0.485 e. The summed E-state index contributed by atoms with van der Waals surface area (Å²) in [4.78, 5) is 19.2. The first-order chi connectivity index (χ1) is 19.5. The van der Waals surface area contributed by atoms with Crippen molar-refractivity contribution in [1.29, 1.82) is 0 Å². The van der Waals surface area contributed by atoms with Gasteiger partial charge in [0.2, 0.25) is 0 Å². The molecule has 1 saturated heterocycles. The second kappa shape index (κ2) is 10.9. The van der Waals surface area contributed by atoms with E-state index in [2.05, 4.69) is 41.1 Å². The van der Waals surface area contributed by atoms with Gasteiger partial charge in [0.25, 0.3) is 0 Å². The van der Waals surface area contributed by atoms with Crippen molar-refractivity contribution in [3.63, 3.8) is 0 Å². The monoisotopic (exact) mass is 535 g/mol. The zero-order valence-corrected chi connectivity index (χ0v) is 23.4. The highest BCUT2D eigenvalue weighted by Gasteiger charge is 2.46. The molecule has 1 unspecified atom stereocenters. The van der Waals surface area contributed by atoms with Gasteiger partial charge in [0.15, 0.2) is 0 Å². The molecular weight excluding hydrogens is 498 g/mol. The van der Waals surface area contributed by atoms with Gasteiger partial charge in [-0.2, -0.15) is 0 Å². The third-order valence-electron chi connectivity index (χ3n) is 8.84. The summed E-state index contributed by atoms with van der Waals surface area (Å²) in [5.74, 6) is 1.06. The van der Waals surface area contributed by atoms with Gasteiger partial charge in [0, 0.05) is 22.6 Å². The number of para-hydroxylation sites is 1. The lowest BCUT2D eigenvalue weighted by molar-refractivity contribution is -0.142. The van der Waals surface area contributed by atoms with Gasteiger partial charge < -0.3 is 20.1 Å². The van der Waals surface area contributed by atoms with Crippen LogP contribution in [0.25, 0.3) is 21.9 Å². The molecule has 4 aromatic rings. The van der Waals surface area contributed by atoms with E-state index >= 15 is 0 Å². The number of aromatic nitrogens is 1. The summed E-state index contributed by atoms with van der Waals surface area (Å²) in [6.07, 6.45) is 5.04. The number of anilines is 1. The Morgan fingerprint density at radius 3 is 2.65 bits per heavy atom. The molecule has 1 aliphatic carbocycles. The Hall–Kier alpha value is -3.90. The summed E-state index contributed by atoms with van der Waals surface area (Å²) in [7, 11) is 0. The van der Waals surface area contributed by atoms with Crippen LogP contribution in [0.3, 0.4) is 0 Å². The first kappa shape index (κ1) is 26.3. The highest BCUT2D eigenvalue weighted by atomic mass is 16.5. The van der Waals surface area contributed by atoms with Crippen molar-refractivity contribution in [2.45, 2.75) is 51.0 Å². The van der Waals surface area contributed by atoms with Gasteiger partial charge in [-0.15, -0.1) is 0 Å². The van der Waals surface area contributed by atoms with Crippen LogP contribution in [-0.4, -0.2) is 42.1 Å². The average Bonchev–Trinajstić information content (AvgIpc) is 3.26. The van der Waals surface area contributed by atoms with E-state index in [9.17, 15) is 4.79 Å². The summed E-state index contributed by atoms with van der Waals surface area (Å²) >= 11 is 0. The van der Waals surface area contributed by atoms with Crippen molar-refractivity contribution in [2.75, 3.05) is 32.0 Å². The van der Waals surface area contributed by atoms with Crippen LogP contribution in [0.4, 0.5) is 5.82 Å². The van der Waals surface area contributed by atoms with Crippen molar-refractivity contribution >= 4 is 22.6 Å². The van der Waals surface area contributed by atoms with Gasteiger partial charge >= 0.3 is 5.97 Å². The maximum Gasteiger partial charge on any atom is 0.310 e. The quantitative estimate of drug-likeness (QED) is 0.274. The molecule has 0 saturated carbocycles. The standard InChI is InChI=1S/C34H37N3O3/c1-3-37-18-15-34(16-19-37)22-31(40-30-11-6-5-8-24(30)21-32(38)39-4-2)28-20-23(12-13-29(28)34)25-9-7-10-27-26(25)14-17-36-33(27)35/h5-14,17,20,31H,3-4,15-16,18-19,21-22H2,1-2H3,(H2,35,36). The normalized spacial score (nSPS) is 18.1. The summed E-state index contributed by atoms with van der Waals surface area (Å²) in [5.41, 5.74) is 12.1. The number of hydrogen-bond acceptors (Lipinski definition) is 6. The number of hydrogen-bond donors (Lipinski definition) is 1. The molecule has 0 bridgehead atoms. The lowest BCUT2D eigenvalue weighted by Gasteiger charge is -2.40. The predicted octanol–water partition coefficient (Wildman–Crippen LogP) is 6.47. The Bertz CT molecular complexity index is 1540. The van der Waals surface area contributed by atoms with E-state index in [0.717, 1.165) is 72.1 Å². The van der Waals surface area contributed by atoms with Crippen molar-refractivity contribution < 1.29 is 14.3 Å². The molecule has 1 spiro atoms. The fourth-order valence-corrected chi connectivity index (χ4v) is 6.70. The first-order valence-electron chi connectivity index (χ1n) is 14.4. The molecule has 40 heavy (non-hydrogen) atoms. The molecule has 2 N–H and O–H groups in total. The lowest BCUT2D eigenvalue weighted by Crippen LogP contribution is -2.41. The van der Waals surface area contributed by atoms with Gasteiger partial charge in [-0.3, -0.25) is 4.79 Å². The van der Waals surface area contributed by atoms with Crippen molar-refractivity contribution in [2.24, 2.45) is 0 Å². The predicted molar refractivity (Wildman–Crippen MR) is 159 cm³/mol. The van der Waals surface area contributed by atoms with Crippen molar-refractivity contribution in [3.05, 3.63) is 89.6 Å². The first-order valence-corrected chi connectivity index (χ1v) is 14.4. The van der Waals surface area contributed by atoms with Crippen LogP contribution in [-0.2, 0) is 21.4 Å². The maximum absolute atomic E-state index is 12.3. The van der Waals surface area contributed by atoms with Crippen LogP contribution in [0.1, 0.15) is 55.9 Å². The number of fused-ring (bicyclic) bond motifs is 3. The molecule has 1 aliphatic heterocycles. The van der Waals surface area contributed by atoms with Crippen LogP contribution in [0.15, 0.2) is 72.9 Å². The fraction of sp³-hybridized carbons (Fsp3) is 0.353. The topological polar surface area (TPSA) is 77.7 Å². The molecule has 3 aromatic carbocycles. The molecule has 1 fully saturated rings. The second-order valence-corrected chi connectivity index (χ2v) is 11.0. The average molecular weight is 536 g/mol. The molecule has 6 rings (SSSR count). The smallest absolute Gasteiger partial charge is 0.310 e. The van der Waals surface area contributed by atoms with Gasteiger partial charge in [0.05, 0.1) is 13.0 Å². The zero-order chi connectivity index (χ0) is 27.7.